The van der Waals surface area contributed by atoms with Gasteiger partial charge in [0, 0.05) is 31.7 Å². The number of fused-ring (bicyclic) bond motifs is 1. The van der Waals surface area contributed by atoms with Crippen LogP contribution in [-0.4, -0.2) is 50.2 Å². The fraction of sp³-hybridized carbons (Fsp3) is 0.438. The topological polar surface area (TPSA) is 60.5 Å². The van der Waals surface area contributed by atoms with Gasteiger partial charge in [0.1, 0.15) is 5.52 Å². The minimum absolute atomic E-state index is 0.106. The molecule has 1 aliphatic heterocycles. The maximum Gasteiger partial charge on any atom is 0.154 e. The van der Waals surface area contributed by atoms with Crippen LogP contribution < -0.4 is 4.90 Å². The van der Waals surface area contributed by atoms with E-state index in [1.807, 2.05) is 41.6 Å². The van der Waals surface area contributed by atoms with E-state index in [2.05, 4.69) is 26.1 Å². The summed E-state index contributed by atoms with van der Waals surface area (Å²) in [5.74, 6) is 0.970. The van der Waals surface area contributed by atoms with Crippen molar-refractivity contribution in [3.8, 4) is 0 Å². The number of aryl methyl sites for hydroxylation is 2. The molecule has 0 radical (unpaired) electrons. The summed E-state index contributed by atoms with van der Waals surface area (Å²) in [7, 11) is 0. The van der Waals surface area contributed by atoms with Crippen LogP contribution in [0.5, 0.6) is 0 Å². The summed E-state index contributed by atoms with van der Waals surface area (Å²) in [5.41, 5.74) is 3.20. The summed E-state index contributed by atoms with van der Waals surface area (Å²) in [5, 5.41) is 8.81. The molecule has 4 rings (SSSR count). The van der Waals surface area contributed by atoms with Crippen LogP contribution in [0.4, 0.5) is 5.82 Å². The molecule has 0 aliphatic carbocycles. The van der Waals surface area contributed by atoms with Crippen LogP contribution in [0, 0.1) is 13.8 Å². The highest BCUT2D eigenvalue weighted by Gasteiger charge is 2.24. The summed E-state index contributed by atoms with van der Waals surface area (Å²) in [6.07, 6.45) is 7.71. The highest BCUT2D eigenvalue weighted by Crippen LogP contribution is 2.22. The van der Waals surface area contributed by atoms with Crippen molar-refractivity contribution >= 4 is 11.3 Å². The first-order chi connectivity index (χ1) is 11.2. The van der Waals surface area contributed by atoms with Gasteiger partial charge in [0.2, 0.25) is 0 Å². The van der Waals surface area contributed by atoms with E-state index in [0.29, 0.717) is 6.61 Å². The number of ether oxygens (including phenoxy) is 1. The maximum absolute atomic E-state index is 5.91. The lowest BCUT2D eigenvalue weighted by atomic mass is 10.2. The van der Waals surface area contributed by atoms with Gasteiger partial charge >= 0.3 is 0 Å². The molecule has 0 spiro atoms. The molecule has 7 nitrogen and oxygen atoms in total. The number of nitrogens with zero attached hydrogens (tertiary/aromatic N) is 6. The molecule has 0 saturated carbocycles. The quantitative estimate of drug-likeness (QED) is 0.732. The fourth-order valence-electron chi connectivity index (χ4n) is 3.07. The lowest BCUT2D eigenvalue weighted by molar-refractivity contribution is 0.0272. The van der Waals surface area contributed by atoms with Crippen LogP contribution >= 0.6 is 0 Å². The van der Waals surface area contributed by atoms with Gasteiger partial charge in [-0.3, -0.25) is 4.68 Å². The van der Waals surface area contributed by atoms with E-state index in [1.165, 1.54) is 5.56 Å². The molecule has 3 aromatic heterocycles. The molecular weight excluding hydrogens is 292 g/mol. The Hall–Kier alpha value is -2.41. The average molecular weight is 312 g/mol. The Morgan fingerprint density at radius 2 is 2.26 bits per heavy atom. The van der Waals surface area contributed by atoms with Gasteiger partial charge in [-0.15, -0.1) is 0 Å². The van der Waals surface area contributed by atoms with Gasteiger partial charge in [-0.1, -0.05) is 0 Å². The summed E-state index contributed by atoms with van der Waals surface area (Å²) in [4.78, 5) is 6.86. The molecule has 23 heavy (non-hydrogen) atoms. The zero-order valence-corrected chi connectivity index (χ0v) is 13.4. The van der Waals surface area contributed by atoms with E-state index in [4.69, 9.17) is 4.74 Å². The van der Waals surface area contributed by atoms with Crippen molar-refractivity contribution in [2.45, 2.75) is 26.5 Å². The zero-order valence-electron chi connectivity index (χ0n) is 13.4. The largest absolute Gasteiger partial charge is 0.373 e. The first-order valence-electron chi connectivity index (χ1n) is 7.85. The zero-order chi connectivity index (χ0) is 15.8. The highest BCUT2D eigenvalue weighted by atomic mass is 16.5. The van der Waals surface area contributed by atoms with E-state index in [9.17, 15) is 0 Å². The van der Waals surface area contributed by atoms with Gasteiger partial charge < -0.3 is 9.64 Å². The minimum Gasteiger partial charge on any atom is -0.373 e. The molecule has 1 saturated heterocycles. The third kappa shape index (κ3) is 2.79. The molecule has 0 bridgehead atoms. The number of hydrogen-bond donors (Lipinski definition) is 0. The average Bonchev–Trinajstić information content (AvgIpc) is 3.11. The lowest BCUT2D eigenvalue weighted by Gasteiger charge is -2.33. The lowest BCUT2D eigenvalue weighted by Crippen LogP contribution is -2.44. The van der Waals surface area contributed by atoms with E-state index < -0.39 is 0 Å². The van der Waals surface area contributed by atoms with Crippen LogP contribution in [0.2, 0.25) is 0 Å². The number of anilines is 1. The van der Waals surface area contributed by atoms with Crippen LogP contribution in [0.1, 0.15) is 11.3 Å². The Morgan fingerprint density at radius 1 is 1.35 bits per heavy atom. The monoisotopic (exact) mass is 312 g/mol. The molecule has 0 N–H and O–H groups in total. The van der Waals surface area contributed by atoms with E-state index >= 15 is 0 Å². The SMILES string of the molecule is Cc1cnn(C[C@@H]2CN(c3nccn4nc(C)cc34)CCO2)c1. The molecule has 0 unspecified atom stereocenters. The molecule has 1 aliphatic rings. The molecule has 7 heteroatoms. The van der Waals surface area contributed by atoms with Crippen molar-refractivity contribution < 1.29 is 4.74 Å². The molecule has 120 valence electrons. The van der Waals surface area contributed by atoms with Gasteiger partial charge in [0.15, 0.2) is 5.82 Å². The smallest absolute Gasteiger partial charge is 0.154 e. The van der Waals surface area contributed by atoms with Crippen LogP contribution in [0.15, 0.2) is 30.9 Å². The number of rotatable bonds is 3. The van der Waals surface area contributed by atoms with Crippen LogP contribution in [0.25, 0.3) is 5.52 Å². The summed E-state index contributed by atoms with van der Waals surface area (Å²) in [6, 6.07) is 2.07. The van der Waals surface area contributed by atoms with Gasteiger partial charge in [-0.2, -0.15) is 10.2 Å². The Morgan fingerprint density at radius 3 is 3.09 bits per heavy atom. The summed E-state index contributed by atoms with van der Waals surface area (Å²) in [6.45, 7) is 7.14. The van der Waals surface area contributed by atoms with E-state index in [1.54, 1.807) is 6.20 Å². The molecule has 1 fully saturated rings. The fourth-order valence-corrected chi connectivity index (χ4v) is 3.07. The third-order valence-electron chi connectivity index (χ3n) is 4.08. The minimum atomic E-state index is 0.106. The maximum atomic E-state index is 5.91. The van der Waals surface area contributed by atoms with Crippen molar-refractivity contribution in [3.63, 3.8) is 0 Å². The second kappa shape index (κ2) is 5.66. The van der Waals surface area contributed by atoms with Gasteiger partial charge in [0.25, 0.3) is 0 Å². The molecule has 0 amide bonds. The van der Waals surface area contributed by atoms with Crippen molar-refractivity contribution in [2.24, 2.45) is 0 Å². The van der Waals surface area contributed by atoms with E-state index in [-0.39, 0.29) is 6.10 Å². The second-order valence-electron chi connectivity index (χ2n) is 6.04. The van der Waals surface area contributed by atoms with Crippen LogP contribution in [0.3, 0.4) is 0 Å². The predicted octanol–water partition coefficient (Wildman–Crippen LogP) is 1.45. The Kier molecular flexibility index (Phi) is 3.49. The molecule has 3 aromatic rings. The van der Waals surface area contributed by atoms with Gasteiger partial charge in [-0.25, -0.2) is 9.50 Å². The second-order valence-corrected chi connectivity index (χ2v) is 6.04. The number of aromatic nitrogens is 5. The molecular formula is C16H20N6O. The predicted molar refractivity (Wildman–Crippen MR) is 86.6 cm³/mol. The van der Waals surface area contributed by atoms with Crippen molar-refractivity contribution in [3.05, 3.63) is 42.1 Å². The Balaban J connectivity index is 1.56. The molecule has 4 heterocycles. The number of hydrogen-bond acceptors (Lipinski definition) is 5. The highest BCUT2D eigenvalue weighted by molar-refractivity contribution is 5.69. The summed E-state index contributed by atoms with van der Waals surface area (Å²) < 4.78 is 9.74. The summed E-state index contributed by atoms with van der Waals surface area (Å²) >= 11 is 0. The Labute approximate surface area is 134 Å². The van der Waals surface area contributed by atoms with Gasteiger partial charge in [0.05, 0.1) is 31.1 Å². The van der Waals surface area contributed by atoms with E-state index in [0.717, 1.165) is 36.7 Å². The molecule has 1 atom stereocenters. The first kappa shape index (κ1) is 14.2. The third-order valence-corrected chi connectivity index (χ3v) is 4.08. The Bertz CT molecular complexity index is 823. The van der Waals surface area contributed by atoms with Crippen LogP contribution in [-0.2, 0) is 11.3 Å². The van der Waals surface area contributed by atoms with Crippen molar-refractivity contribution in [1.29, 1.82) is 0 Å². The van der Waals surface area contributed by atoms with Crippen molar-refractivity contribution in [1.82, 2.24) is 24.4 Å². The first-order valence-corrected chi connectivity index (χ1v) is 7.85. The number of morpholine rings is 1. The normalized spacial score (nSPS) is 18.7. The van der Waals surface area contributed by atoms with Gasteiger partial charge in [-0.05, 0) is 25.5 Å². The molecule has 0 aromatic carbocycles. The standard InChI is InChI=1S/C16H20N6O/c1-12-8-18-21(9-12)11-14-10-20(5-6-23-14)16-15-7-13(2)19-22(15)4-3-17-16/h3-4,7-9,14H,5-6,10-11H2,1-2H3/t14-/m0/s1. The van der Waals surface area contributed by atoms with Crippen molar-refractivity contribution in [2.75, 3.05) is 24.6 Å².